The molecule has 4 rings (SSSR count). The Hall–Kier alpha value is -3.59. The van der Waals surface area contributed by atoms with E-state index < -0.39 is 0 Å². The first-order valence-corrected chi connectivity index (χ1v) is 10.7. The standard InChI is InChI=1S/C22H23N7OS/c1-13-4-6-16(7-5-13)18-11-19(26-25-18)21-27-28-22(29(21)23)31-12-20(30)24-17-9-14(2)8-15(3)10-17/h4-11H,12,23H2,1-3H3,(H,24,30)(H,25,26). The maximum atomic E-state index is 12.3. The number of aromatic amines is 1. The number of H-pyrrole nitrogens is 1. The normalized spacial score (nSPS) is 10.9. The van der Waals surface area contributed by atoms with Crippen molar-refractivity contribution in [1.29, 1.82) is 0 Å². The molecule has 158 valence electrons. The summed E-state index contributed by atoms with van der Waals surface area (Å²) < 4.78 is 1.36. The van der Waals surface area contributed by atoms with E-state index in [-0.39, 0.29) is 11.7 Å². The van der Waals surface area contributed by atoms with Crippen LogP contribution in [-0.2, 0) is 4.79 Å². The summed E-state index contributed by atoms with van der Waals surface area (Å²) in [6.45, 7) is 6.03. The molecule has 2 aromatic carbocycles. The summed E-state index contributed by atoms with van der Waals surface area (Å²) in [6, 6.07) is 15.9. The Bertz CT molecular complexity index is 1210. The number of aryl methyl sites for hydroxylation is 3. The zero-order valence-electron chi connectivity index (χ0n) is 17.5. The molecule has 2 aromatic heterocycles. The number of anilines is 1. The number of nitrogen functional groups attached to an aromatic ring is 1. The molecule has 0 spiro atoms. The molecule has 0 atom stereocenters. The third kappa shape index (κ3) is 4.77. The fourth-order valence-corrected chi connectivity index (χ4v) is 3.90. The Balaban J connectivity index is 1.42. The second kappa shape index (κ2) is 8.65. The number of hydrogen-bond acceptors (Lipinski definition) is 6. The highest BCUT2D eigenvalue weighted by molar-refractivity contribution is 7.99. The highest BCUT2D eigenvalue weighted by Crippen LogP contribution is 2.25. The van der Waals surface area contributed by atoms with Gasteiger partial charge in [0.2, 0.25) is 16.9 Å². The number of carbonyl (C=O) groups is 1. The van der Waals surface area contributed by atoms with Crippen molar-refractivity contribution in [3.8, 4) is 22.8 Å². The van der Waals surface area contributed by atoms with Gasteiger partial charge in [0.15, 0.2) is 0 Å². The summed E-state index contributed by atoms with van der Waals surface area (Å²) in [5.74, 6) is 6.65. The van der Waals surface area contributed by atoms with Crippen molar-refractivity contribution in [2.75, 3.05) is 16.9 Å². The third-order valence-corrected chi connectivity index (χ3v) is 5.61. The van der Waals surface area contributed by atoms with Crippen LogP contribution in [0.5, 0.6) is 0 Å². The van der Waals surface area contributed by atoms with Crippen LogP contribution in [0.2, 0.25) is 0 Å². The minimum absolute atomic E-state index is 0.136. The van der Waals surface area contributed by atoms with Crippen molar-refractivity contribution in [3.63, 3.8) is 0 Å². The predicted molar refractivity (Wildman–Crippen MR) is 123 cm³/mol. The van der Waals surface area contributed by atoms with Crippen molar-refractivity contribution in [1.82, 2.24) is 25.1 Å². The van der Waals surface area contributed by atoms with Gasteiger partial charge in [-0.1, -0.05) is 47.7 Å². The summed E-state index contributed by atoms with van der Waals surface area (Å²) in [5.41, 5.74) is 6.59. The van der Waals surface area contributed by atoms with Crippen molar-refractivity contribution in [3.05, 3.63) is 65.2 Å². The van der Waals surface area contributed by atoms with E-state index in [0.29, 0.717) is 16.7 Å². The Morgan fingerprint density at radius 2 is 1.74 bits per heavy atom. The summed E-state index contributed by atoms with van der Waals surface area (Å²) in [4.78, 5) is 12.3. The lowest BCUT2D eigenvalue weighted by Crippen LogP contribution is -2.16. The van der Waals surface area contributed by atoms with Crippen molar-refractivity contribution < 1.29 is 4.79 Å². The predicted octanol–water partition coefficient (Wildman–Crippen LogP) is 3.71. The van der Waals surface area contributed by atoms with Crippen LogP contribution in [0.3, 0.4) is 0 Å². The first-order valence-electron chi connectivity index (χ1n) is 9.73. The van der Waals surface area contributed by atoms with Crippen LogP contribution >= 0.6 is 11.8 Å². The molecule has 0 aliphatic carbocycles. The highest BCUT2D eigenvalue weighted by Gasteiger charge is 2.16. The van der Waals surface area contributed by atoms with Crippen LogP contribution in [0, 0.1) is 20.8 Å². The van der Waals surface area contributed by atoms with Crippen molar-refractivity contribution >= 4 is 23.4 Å². The maximum Gasteiger partial charge on any atom is 0.234 e. The van der Waals surface area contributed by atoms with Crippen LogP contribution in [0.1, 0.15) is 16.7 Å². The Morgan fingerprint density at radius 1 is 1.03 bits per heavy atom. The molecule has 0 radical (unpaired) electrons. The van der Waals surface area contributed by atoms with E-state index in [1.165, 1.54) is 22.0 Å². The monoisotopic (exact) mass is 433 g/mol. The summed E-state index contributed by atoms with van der Waals surface area (Å²) in [6.07, 6.45) is 0. The second-order valence-corrected chi connectivity index (χ2v) is 8.36. The molecule has 4 N–H and O–H groups in total. The highest BCUT2D eigenvalue weighted by atomic mass is 32.2. The van der Waals surface area contributed by atoms with E-state index >= 15 is 0 Å². The van der Waals surface area contributed by atoms with Crippen LogP contribution < -0.4 is 11.2 Å². The van der Waals surface area contributed by atoms with Crippen molar-refractivity contribution in [2.45, 2.75) is 25.9 Å². The number of aromatic nitrogens is 5. The van der Waals surface area contributed by atoms with Gasteiger partial charge in [0.05, 0.1) is 11.4 Å². The SMILES string of the molecule is Cc1ccc(-c2cc(-c3nnc(SCC(=O)Nc4cc(C)cc(C)c4)n3N)[nH]n2)cc1. The molecule has 9 heteroatoms. The number of hydrogen-bond donors (Lipinski definition) is 3. The molecule has 0 bridgehead atoms. The van der Waals surface area contributed by atoms with Crippen LogP contribution in [-0.4, -0.2) is 36.7 Å². The number of amides is 1. The molecular weight excluding hydrogens is 410 g/mol. The van der Waals surface area contributed by atoms with Crippen LogP contribution in [0.15, 0.2) is 53.7 Å². The zero-order valence-corrected chi connectivity index (χ0v) is 18.3. The number of rotatable bonds is 6. The second-order valence-electron chi connectivity index (χ2n) is 7.42. The number of nitrogens with zero attached hydrogens (tertiary/aromatic N) is 4. The Kier molecular flexibility index (Phi) is 5.77. The molecule has 0 saturated heterocycles. The van der Waals surface area contributed by atoms with Gasteiger partial charge < -0.3 is 11.2 Å². The lowest BCUT2D eigenvalue weighted by molar-refractivity contribution is -0.113. The first-order chi connectivity index (χ1) is 14.9. The molecule has 0 unspecified atom stereocenters. The summed E-state index contributed by atoms with van der Waals surface area (Å²) in [7, 11) is 0. The molecule has 1 amide bonds. The zero-order chi connectivity index (χ0) is 22.0. The van der Waals surface area contributed by atoms with Gasteiger partial charge in [0.1, 0.15) is 5.69 Å². The van der Waals surface area contributed by atoms with E-state index in [1.807, 2.05) is 63.2 Å². The molecule has 8 nitrogen and oxygen atoms in total. The maximum absolute atomic E-state index is 12.3. The number of carbonyl (C=O) groups excluding carboxylic acids is 1. The lowest BCUT2D eigenvalue weighted by atomic mass is 10.1. The number of nitrogens with two attached hydrogens (primary N) is 1. The largest absolute Gasteiger partial charge is 0.335 e. The number of benzene rings is 2. The number of thioether (sulfide) groups is 1. The first kappa shape index (κ1) is 20.7. The minimum Gasteiger partial charge on any atom is -0.335 e. The van der Waals surface area contributed by atoms with E-state index in [0.717, 1.165) is 28.1 Å². The molecule has 0 aliphatic rings. The molecule has 4 aromatic rings. The average Bonchev–Trinajstić information content (AvgIpc) is 3.33. The van der Waals surface area contributed by atoms with Crippen molar-refractivity contribution in [2.24, 2.45) is 0 Å². The van der Waals surface area contributed by atoms with E-state index in [4.69, 9.17) is 5.84 Å². The molecule has 0 saturated carbocycles. The average molecular weight is 434 g/mol. The van der Waals surface area contributed by atoms with E-state index in [2.05, 4.69) is 31.8 Å². The lowest BCUT2D eigenvalue weighted by Gasteiger charge is -2.07. The smallest absolute Gasteiger partial charge is 0.234 e. The van der Waals surface area contributed by atoms with Gasteiger partial charge in [-0.15, -0.1) is 10.2 Å². The van der Waals surface area contributed by atoms with Crippen LogP contribution in [0.25, 0.3) is 22.8 Å². The third-order valence-electron chi connectivity index (χ3n) is 4.67. The fraction of sp³-hybridized carbons (Fsp3) is 0.182. The molecule has 0 fully saturated rings. The van der Waals surface area contributed by atoms with Gasteiger partial charge >= 0.3 is 0 Å². The van der Waals surface area contributed by atoms with Gasteiger partial charge in [0.25, 0.3) is 0 Å². The number of nitrogens with one attached hydrogen (secondary N) is 2. The van der Waals surface area contributed by atoms with Gasteiger partial charge in [-0.2, -0.15) is 5.10 Å². The topological polar surface area (TPSA) is 115 Å². The summed E-state index contributed by atoms with van der Waals surface area (Å²) in [5, 5.41) is 18.9. The Morgan fingerprint density at radius 3 is 2.45 bits per heavy atom. The van der Waals surface area contributed by atoms with E-state index in [9.17, 15) is 4.79 Å². The minimum atomic E-state index is -0.136. The van der Waals surface area contributed by atoms with Gasteiger partial charge in [-0.25, -0.2) is 4.68 Å². The van der Waals surface area contributed by atoms with Gasteiger partial charge in [-0.3, -0.25) is 9.89 Å². The van der Waals surface area contributed by atoms with Gasteiger partial charge in [-0.05, 0) is 50.1 Å². The quantitative estimate of drug-likeness (QED) is 0.315. The van der Waals surface area contributed by atoms with E-state index in [1.54, 1.807) is 0 Å². The fourth-order valence-electron chi connectivity index (χ4n) is 3.24. The Labute approximate surface area is 184 Å². The molecular formula is C22H23N7OS. The van der Waals surface area contributed by atoms with Crippen LogP contribution in [0.4, 0.5) is 5.69 Å². The molecule has 0 aliphatic heterocycles. The molecule has 31 heavy (non-hydrogen) atoms. The molecule has 2 heterocycles. The van der Waals surface area contributed by atoms with Gasteiger partial charge in [0, 0.05) is 11.3 Å². The summed E-state index contributed by atoms with van der Waals surface area (Å²) >= 11 is 1.22.